The van der Waals surface area contributed by atoms with E-state index < -0.39 is 0 Å². The minimum atomic E-state index is 0.476. The molecular weight excluding hydrogens is 174 g/mol. The molecule has 1 saturated heterocycles. The zero-order valence-corrected chi connectivity index (χ0v) is 9.51. The van der Waals surface area contributed by atoms with Crippen molar-refractivity contribution in [1.29, 1.82) is 0 Å². The average Bonchev–Trinajstić information content (AvgIpc) is 2.64. The van der Waals surface area contributed by atoms with Gasteiger partial charge < -0.3 is 10.1 Å². The van der Waals surface area contributed by atoms with Gasteiger partial charge in [0.1, 0.15) is 0 Å². The molecule has 1 N–H and O–H groups in total. The highest BCUT2D eigenvalue weighted by Gasteiger charge is 2.17. The minimum absolute atomic E-state index is 0.476. The van der Waals surface area contributed by atoms with E-state index in [9.17, 15) is 0 Å². The molecule has 0 bridgehead atoms. The number of likely N-dealkylation sites (N-methyl/N-ethyl adjacent to an activating group) is 1. The van der Waals surface area contributed by atoms with Crippen molar-refractivity contribution in [3.8, 4) is 0 Å². The van der Waals surface area contributed by atoms with Crippen molar-refractivity contribution < 1.29 is 4.74 Å². The first-order valence-electron chi connectivity index (χ1n) is 5.74. The molecule has 1 heterocycles. The molecule has 0 aliphatic carbocycles. The fourth-order valence-corrected chi connectivity index (χ4v) is 1.99. The molecule has 0 aromatic carbocycles. The second kappa shape index (κ2) is 6.20. The highest BCUT2D eigenvalue weighted by molar-refractivity contribution is 5.01. The monoisotopic (exact) mass is 197 g/mol. The molecule has 1 aliphatic rings. The van der Waals surface area contributed by atoms with Crippen molar-refractivity contribution in [2.24, 2.45) is 0 Å². The topological polar surface area (TPSA) is 21.3 Å². The lowest BCUT2D eigenvalue weighted by molar-refractivity contribution is 0.101. The average molecular weight is 197 g/mol. The maximum Gasteiger partial charge on any atom is 0.0576 e. The van der Waals surface area contributed by atoms with E-state index in [0.717, 1.165) is 19.6 Å². The summed E-state index contributed by atoms with van der Waals surface area (Å²) in [5, 5.41) is 3.45. The quantitative estimate of drug-likeness (QED) is 0.661. The van der Waals surface area contributed by atoms with Gasteiger partial charge in [0.2, 0.25) is 0 Å². The standard InChI is InChI=1S/C12H23NO/c1-4-13-12(10(2)3)8-7-11-6-5-9-14-11/h11-13H,2,4-9H2,1,3H3. The Morgan fingerprint density at radius 1 is 1.64 bits per heavy atom. The molecule has 1 fully saturated rings. The zero-order chi connectivity index (χ0) is 10.4. The number of hydrogen-bond donors (Lipinski definition) is 1. The van der Waals surface area contributed by atoms with Crippen LogP contribution in [0.25, 0.3) is 0 Å². The van der Waals surface area contributed by atoms with Gasteiger partial charge in [0.15, 0.2) is 0 Å². The summed E-state index contributed by atoms with van der Waals surface area (Å²) >= 11 is 0. The van der Waals surface area contributed by atoms with E-state index in [-0.39, 0.29) is 0 Å². The van der Waals surface area contributed by atoms with Crippen LogP contribution in [-0.4, -0.2) is 25.3 Å². The first kappa shape index (κ1) is 11.7. The van der Waals surface area contributed by atoms with E-state index in [1.165, 1.54) is 24.8 Å². The molecule has 82 valence electrons. The zero-order valence-electron chi connectivity index (χ0n) is 9.51. The number of hydrogen-bond acceptors (Lipinski definition) is 2. The van der Waals surface area contributed by atoms with Crippen molar-refractivity contribution in [2.75, 3.05) is 13.2 Å². The highest BCUT2D eigenvalue weighted by atomic mass is 16.5. The van der Waals surface area contributed by atoms with Crippen LogP contribution in [0.1, 0.15) is 39.5 Å². The molecule has 0 aromatic rings. The van der Waals surface area contributed by atoms with Gasteiger partial charge in [-0.3, -0.25) is 0 Å². The Bertz CT molecular complexity index is 173. The van der Waals surface area contributed by atoms with Crippen LogP contribution in [0.4, 0.5) is 0 Å². The fraction of sp³-hybridized carbons (Fsp3) is 0.833. The Morgan fingerprint density at radius 3 is 2.93 bits per heavy atom. The van der Waals surface area contributed by atoms with Gasteiger partial charge in [-0.25, -0.2) is 0 Å². The summed E-state index contributed by atoms with van der Waals surface area (Å²) in [6.45, 7) is 10.2. The summed E-state index contributed by atoms with van der Waals surface area (Å²) < 4.78 is 5.60. The normalized spacial score (nSPS) is 23.7. The Hall–Kier alpha value is -0.340. The Balaban J connectivity index is 2.21. The predicted molar refractivity (Wildman–Crippen MR) is 60.5 cm³/mol. The lowest BCUT2D eigenvalue weighted by Gasteiger charge is -2.19. The van der Waals surface area contributed by atoms with Gasteiger partial charge in [0.25, 0.3) is 0 Å². The first-order valence-corrected chi connectivity index (χ1v) is 5.74. The first-order chi connectivity index (χ1) is 6.74. The van der Waals surface area contributed by atoms with Crippen molar-refractivity contribution >= 4 is 0 Å². The van der Waals surface area contributed by atoms with Gasteiger partial charge in [-0.2, -0.15) is 0 Å². The lowest BCUT2D eigenvalue weighted by Crippen LogP contribution is -2.30. The molecular formula is C12H23NO. The Labute approximate surface area is 87.7 Å². The van der Waals surface area contributed by atoms with Gasteiger partial charge in [0, 0.05) is 12.6 Å². The smallest absolute Gasteiger partial charge is 0.0576 e. The lowest BCUT2D eigenvalue weighted by atomic mass is 10.0. The summed E-state index contributed by atoms with van der Waals surface area (Å²) in [6, 6.07) is 0.476. The number of nitrogens with one attached hydrogen (secondary N) is 1. The van der Waals surface area contributed by atoms with Gasteiger partial charge in [-0.15, -0.1) is 0 Å². The highest BCUT2D eigenvalue weighted by Crippen LogP contribution is 2.19. The second-order valence-corrected chi connectivity index (χ2v) is 4.17. The van der Waals surface area contributed by atoms with Crippen LogP contribution in [-0.2, 0) is 4.74 Å². The summed E-state index contributed by atoms with van der Waals surface area (Å²) in [5.41, 5.74) is 1.24. The molecule has 2 nitrogen and oxygen atoms in total. The third kappa shape index (κ3) is 3.81. The van der Waals surface area contributed by atoms with Crippen LogP contribution in [0, 0.1) is 0 Å². The van der Waals surface area contributed by atoms with Gasteiger partial charge in [-0.1, -0.05) is 19.1 Å². The SMILES string of the molecule is C=C(C)C(CCC1CCCO1)NCC. The van der Waals surface area contributed by atoms with Gasteiger partial charge in [0.05, 0.1) is 6.10 Å². The van der Waals surface area contributed by atoms with Crippen molar-refractivity contribution in [3.05, 3.63) is 12.2 Å². The molecule has 0 spiro atoms. The van der Waals surface area contributed by atoms with E-state index in [0.29, 0.717) is 12.1 Å². The second-order valence-electron chi connectivity index (χ2n) is 4.17. The van der Waals surface area contributed by atoms with E-state index in [1.54, 1.807) is 0 Å². The Kier molecular flexibility index (Phi) is 5.20. The van der Waals surface area contributed by atoms with Gasteiger partial charge >= 0.3 is 0 Å². The van der Waals surface area contributed by atoms with Crippen LogP contribution in [0.15, 0.2) is 12.2 Å². The molecule has 0 radical (unpaired) electrons. The molecule has 0 saturated carbocycles. The molecule has 14 heavy (non-hydrogen) atoms. The summed E-state index contributed by atoms with van der Waals surface area (Å²) in [7, 11) is 0. The van der Waals surface area contributed by atoms with E-state index in [1.807, 2.05) is 0 Å². The predicted octanol–water partition coefficient (Wildman–Crippen LogP) is 2.50. The molecule has 2 unspecified atom stereocenters. The molecule has 0 aromatic heterocycles. The van der Waals surface area contributed by atoms with Crippen LogP contribution in [0.5, 0.6) is 0 Å². The number of ether oxygens (including phenoxy) is 1. The largest absolute Gasteiger partial charge is 0.378 e. The number of rotatable bonds is 6. The third-order valence-electron chi connectivity index (χ3n) is 2.85. The molecule has 2 atom stereocenters. The van der Waals surface area contributed by atoms with Crippen molar-refractivity contribution in [3.63, 3.8) is 0 Å². The Morgan fingerprint density at radius 2 is 2.43 bits per heavy atom. The van der Waals surface area contributed by atoms with Crippen LogP contribution in [0.2, 0.25) is 0 Å². The minimum Gasteiger partial charge on any atom is -0.378 e. The van der Waals surface area contributed by atoms with Crippen LogP contribution >= 0.6 is 0 Å². The maximum absolute atomic E-state index is 5.60. The van der Waals surface area contributed by atoms with E-state index in [2.05, 4.69) is 25.7 Å². The fourth-order valence-electron chi connectivity index (χ4n) is 1.99. The van der Waals surface area contributed by atoms with Gasteiger partial charge in [-0.05, 0) is 39.2 Å². The van der Waals surface area contributed by atoms with Crippen molar-refractivity contribution in [2.45, 2.75) is 51.7 Å². The third-order valence-corrected chi connectivity index (χ3v) is 2.85. The summed E-state index contributed by atoms with van der Waals surface area (Å²) in [5.74, 6) is 0. The summed E-state index contributed by atoms with van der Waals surface area (Å²) in [6.07, 6.45) is 5.33. The molecule has 0 amide bonds. The molecule has 2 heteroatoms. The van der Waals surface area contributed by atoms with Crippen LogP contribution < -0.4 is 5.32 Å². The molecule has 1 aliphatic heterocycles. The van der Waals surface area contributed by atoms with Crippen LogP contribution in [0.3, 0.4) is 0 Å². The van der Waals surface area contributed by atoms with Crippen molar-refractivity contribution in [1.82, 2.24) is 5.32 Å². The maximum atomic E-state index is 5.60. The van der Waals surface area contributed by atoms with E-state index in [4.69, 9.17) is 4.74 Å². The van der Waals surface area contributed by atoms with E-state index >= 15 is 0 Å². The molecule has 1 rings (SSSR count). The summed E-state index contributed by atoms with van der Waals surface area (Å²) in [4.78, 5) is 0.